The molecule has 0 unspecified atom stereocenters. The second-order valence-corrected chi connectivity index (χ2v) is 4.97. The van der Waals surface area contributed by atoms with Gasteiger partial charge in [0.15, 0.2) is 0 Å². The van der Waals surface area contributed by atoms with E-state index in [4.69, 9.17) is 0 Å². The van der Waals surface area contributed by atoms with Crippen LogP contribution >= 0.6 is 0 Å². The summed E-state index contributed by atoms with van der Waals surface area (Å²) >= 11 is 0. The quantitative estimate of drug-likeness (QED) is 0.913. The number of hydrogen-bond donors (Lipinski definition) is 1. The van der Waals surface area contributed by atoms with Crippen LogP contribution in [0.2, 0.25) is 0 Å². The van der Waals surface area contributed by atoms with Gasteiger partial charge in [0.2, 0.25) is 0 Å². The predicted molar refractivity (Wildman–Crippen MR) is 78.8 cm³/mol. The molecule has 21 heavy (non-hydrogen) atoms. The molecule has 0 saturated heterocycles. The van der Waals surface area contributed by atoms with E-state index in [0.717, 1.165) is 5.56 Å². The number of rotatable bonds is 4. The zero-order valence-corrected chi connectivity index (χ0v) is 12.3. The Morgan fingerprint density at radius 3 is 2.43 bits per heavy atom. The van der Waals surface area contributed by atoms with Gasteiger partial charge in [0, 0.05) is 33.3 Å². The van der Waals surface area contributed by atoms with Gasteiger partial charge in [-0.1, -0.05) is 12.1 Å². The molecule has 0 bridgehead atoms. The summed E-state index contributed by atoms with van der Waals surface area (Å²) in [5.41, 5.74) is 2.07. The van der Waals surface area contributed by atoms with Crippen LogP contribution in [0.3, 0.4) is 0 Å². The molecule has 110 valence electrons. The molecule has 1 heterocycles. The van der Waals surface area contributed by atoms with Crippen LogP contribution in [0.25, 0.3) is 0 Å². The van der Waals surface area contributed by atoms with Crippen molar-refractivity contribution < 1.29 is 9.59 Å². The van der Waals surface area contributed by atoms with E-state index >= 15 is 0 Å². The van der Waals surface area contributed by atoms with Crippen LogP contribution in [0.1, 0.15) is 26.4 Å². The SMILES string of the molecule is CN(C)C(=O)c1ccc(CNC(=O)c2cncn2C)cc1. The average molecular weight is 286 g/mol. The largest absolute Gasteiger partial charge is 0.347 e. The van der Waals surface area contributed by atoms with Crippen molar-refractivity contribution in [2.24, 2.45) is 7.05 Å². The molecule has 0 spiro atoms. The molecular formula is C15H18N4O2. The third-order valence-corrected chi connectivity index (χ3v) is 3.11. The normalized spacial score (nSPS) is 10.2. The average Bonchev–Trinajstić information content (AvgIpc) is 2.90. The van der Waals surface area contributed by atoms with Gasteiger partial charge < -0.3 is 14.8 Å². The Bertz CT molecular complexity index is 644. The fourth-order valence-corrected chi connectivity index (χ4v) is 1.87. The molecule has 6 nitrogen and oxygen atoms in total. The summed E-state index contributed by atoms with van der Waals surface area (Å²) < 4.78 is 1.66. The highest BCUT2D eigenvalue weighted by Crippen LogP contribution is 2.07. The lowest BCUT2D eigenvalue weighted by molar-refractivity contribution is 0.0827. The fourth-order valence-electron chi connectivity index (χ4n) is 1.87. The molecule has 0 aliphatic heterocycles. The minimum absolute atomic E-state index is 0.0412. The first-order valence-corrected chi connectivity index (χ1v) is 6.54. The van der Waals surface area contributed by atoms with E-state index in [-0.39, 0.29) is 11.8 Å². The maximum absolute atomic E-state index is 11.9. The second-order valence-electron chi connectivity index (χ2n) is 4.97. The molecule has 1 aromatic carbocycles. The molecule has 0 saturated carbocycles. The highest BCUT2D eigenvalue weighted by molar-refractivity contribution is 5.94. The Morgan fingerprint density at radius 1 is 1.24 bits per heavy atom. The summed E-state index contributed by atoms with van der Waals surface area (Å²) in [4.78, 5) is 29.1. The summed E-state index contributed by atoms with van der Waals surface area (Å²) in [7, 11) is 5.19. The Kier molecular flexibility index (Phi) is 4.37. The lowest BCUT2D eigenvalue weighted by atomic mass is 10.1. The lowest BCUT2D eigenvalue weighted by Crippen LogP contribution is -2.25. The maximum atomic E-state index is 11.9. The number of imidazole rings is 1. The summed E-state index contributed by atoms with van der Waals surface area (Å²) in [6.07, 6.45) is 3.10. The van der Waals surface area contributed by atoms with Crippen molar-refractivity contribution in [1.82, 2.24) is 19.8 Å². The Balaban J connectivity index is 1.97. The third-order valence-electron chi connectivity index (χ3n) is 3.11. The van der Waals surface area contributed by atoms with E-state index in [1.165, 1.54) is 11.1 Å². The molecule has 0 aliphatic carbocycles. The minimum Gasteiger partial charge on any atom is -0.347 e. The minimum atomic E-state index is -0.177. The van der Waals surface area contributed by atoms with Gasteiger partial charge in [-0.15, -0.1) is 0 Å². The molecule has 2 rings (SSSR count). The van der Waals surface area contributed by atoms with Crippen molar-refractivity contribution in [2.45, 2.75) is 6.54 Å². The van der Waals surface area contributed by atoms with Gasteiger partial charge in [-0.25, -0.2) is 4.98 Å². The molecule has 0 aliphatic rings. The van der Waals surface area contributed by atoms with Gasteiger partial charge in [-0.3, -0.25) is 9.59 Å². The maximum Gasteiger partial charge on any atom is 0.269 e. The lowest BCUT2D eigenvalue weighted by Gasteiger charge is -2.11. The van der Waals surface area contributed by atoms with Gasteiger partial charge >= 0.3 is 0 Å². The van der Waals surface area contributed by atoms with E-state index in [0.29, 0.717) is 17.8 Å². The monoisotopic (exact) mass is 286 g/mol. The van der Waals surface area contributed by atoms with Gasteiger partial charge in [0.05, 0.1) is 12.5 Å². The number of carbonyl (C=O) groups excluding carboxylic acids is 2. The Morgan fingerprint density at radius 2 is 1.90 bits per heavy atom. The number of nitrogens with zero attached hydrogens (tertiary/aromatic N) is 3. The van der Waals surface area contributed by atoms with Crippen molar-refractivity contribution in [2.75, 3.05) is 14.1 Å². The van der Waals surface area contributed by atoms with Crippen LogP contribution in [-0.2, 0) is 13.6 Å². The van der Waals surface area contributed by atoms with E-state index < -0.39 is 0 Å². The van der Waals surface area contributed by atoms with Crippen LogP contribution in [-0.4, -0.2) is 40.4 Å². The smallest absolute Gasteiger partial charge is 0.269 e. The molecule has 1 N–H and O–H groups in total. The van der Waals surface area contributed by atoms with Crippen LogP contribution in [0.5, 0.6) is 0 Å². The number of aryl methyl sites for hydroxylation is 1. The first kappa shape index (κ1) is 14.8. The van der Waals surface area contributed by atoms with Gasteiger partial charge in [0.1, 0.15) is 5.69 Å². The summed E-state index contributed by atoms with van der Waals surface area (Å²) in [5.74, 6) is -0.219. The zero-order valence-electron chi connectivity index (χ0n) is 12.3. The van der Waals surface area contributed by atoms with Crippen molar-refractivity contribution >= 4 is 11.8 Å². The van der Waals surface area contributed by atoms with Crippen molar-refractivity contribution in [3.8, 4) is 0 Å². The topological polar surface area (TPSA) is 67.2 Å². The molecule has 2 amide bonds. The van der Waals surface area contributed by atoms with E-state index in [2.05, 4.69) is 10.3 Å². The molecule has 0 atom stereocenters. The molecule has 6 heteroatoms. The first-order valence-electron chi connectivity index (χ1n) is 6.54. The van der Waals surface area contributed by atoms with Crippen molar-refractivity contribution in [3.63, 3.8) is 0 Å². The van der Waals surface area contributed by atoms with Crippen molar-refractivity contribution in [1.29, 1.82) is 0 Å². The number of amides is 2. The molecule has 2 aromatic rings. The molecule has 1 aromatic heterocycles. The van der Waals surface area contributed by atoms with E-state index in [1.54, 1.807) is 44.2 Å². The first-order chi connectivity index (χ1) is 9.99. The Hall–Kier alpha value is -2.63. The molecule has 0 radical (unpaired) electrons. The summed E-state index contributed by atoms with van der Waals surface area (Å²) in [6.45, 7) is 0.403. The third kappa shape index (κ3) is 3.47. The zero-order chi connectivity index (χ0) is 15.4. The van der Waals surface area contributed by atoms with E-state index in [9.17, 15) is 9.59 Å². The number of carbonyl (C=O) groups is 2. The van der Waals surface area contributed by atoms with Crippen LogP contribution in [0.4, 0.5) is 0 Å². The summed E-state index contributed by atoms with van der Waals surface area (Å²) in [6, 6.07) is 7.18. The van der Waals surface area contributed by atoms with Crippen LogP contribution in [0.15, 0.2) is 36.8 Å². The van der Waals surface area contributed by atoms with Crippen molar-refractivity contribution in [3.05, 3.63) is 53.6 Å². The molecular weight excluding hydrogens is 268 g/mol. The Labute approximate surface area is 123 Å². The van der Waals surface area contributed by atoms with Crippen LogP contribution < -0.4 is 5.32 Å². The number of hydrogen-bond acceptors (Lipinski definition) is 3. The second kappa shape index (κ2) is 6.21. The standard InChI is InChI=1S/C15H18N4O2/c1-18(2)15(21)12-6-4-11(5-7-12)8-17-14(20)13-9-16-10-19(13)3/h4-7,9-10H,8H2,1-3H3,(H,17,20). The fraction of sp³-hybridized carbons (Fsp3) is 0.267. The highest BCUT2D eigenvalue weighted by Gasteiger charge is 2.10. The highest BCUT2D eigenvalue weighted by atomic mass is 16.2. The van der Waals surface area contributed by atoms with Gasteiger partial charge in [-0.2, -0.15) is 0 Å². The van der Waals surface area contributed by atoms with Gasteiger partial charge in [-0.05, 0) is 17.7 Å². The van der Waals surface area contributed by atoms with Gasteiger partial charge in [0.25, 0.3) is 11.8 Å². The molecule has 0 fully saturated rings. The number of aromatic nitrogens is 2. The summed E-state index contributed by atoms with van der Waals surface area (Å²) in [5, 5.41) is 2.82. The number of nitrogens with one attached hydrogen (secondary N) is 1. The number of benzene rings is 1. The van der Waals surface area contributed by atoms with E-state index in [1.807, 2.05) is 12.1 Å². The van der Waals surface area contributed by atoms with Crippen LogP contribution in [0, 0.1) is 0 Å². The predicted octanol–water partition coefficient (Wildman–Crippen LogP) is 1.05.